The smallest absolute Gasteiger partial charge is 0.254 e. The van der Waals surface area contributed by atoms with Gasteiger partial charge in [0, 0.05) is 30.6 Å². The summed E-state index contributed by atoms with van der Waals surface area (Å²) in [6, 6.07) is 20.6. The molecule has 0 saturated heterocycles. The van der Waals surface area contributed by atoms with Crippen molar-refractivity contribution in [1.29, 1.82) is 0 Å². The van der Waals surface area contributed by atoms with Crippen molar-refractivity contribution in [3.8, 4) is 27.8 Å². The first-order valence-electron chi connectivity index (χ1n) is 12.8. The van der Waals surface area contributed by atoms with Crippen molar-refractivity contribution in [3.63, 3.8) is 0 Å². The molecule has 4 aromatic rings. The lowest BCUT2D eigenvalue weighted by atomic mass is 10.1. The van der Waals surface area contributed by atoms with Crippen LogP contribution in [0.4, 0.5) is 5.13 Å². The molecule has 40 heavy (non-hydrogen) atoms. The second-order valence-corrected chi connectivity index (χ2v) is 9.96. The molecular formula is C30H32N4O5S. The van der Waals surface area contributed by atoms with Crippen molar-refractivity contribution in [3.05, 3.63) is 83.4 Å². The van der Waals surface area contributed by atoms with Gasteiger partial charge in [-0.2, -0.15) is 0 Å². The molecule has 4 rings (SSSR count). The number of aromatic nitrogens is 2. The number of aryl methyl sites for hydroxylation is 1. The molecule has 2 amide bonds. The maximum atomic E-state index is 13.5. The Morgan fingerprint density at radius 2 is 1.62 bits per heavy atom. The average molecular weight is 561 g/mol. The summed E-state index contributed by atoms with van der Waals surface area (Å²) in [5.41, 5.74) is 3.37. The van der Waals surface area contributed by atoms with Gasteiger partial charge in [0.2, 0.25) is 11.0 Å². The van der Waals surface area contributed by atoms with Crippen LogP contribution in [0.3, 0.4) is 0 Å². The van der Waals surface area contributed by atoms with E-state index in [4.69, 9.17) is 14.2 Å². The number of benzene rings is 3. The number of hydrogen-bond acceptors (Lipinski definition) is 8. The molecule has 10 heteroatoms. The van der Waals surface area contributed by atoms with Crippen LogP contribution in [0.2, 0.25) is 0 Å². The van der Waals surface area contributed by atoms with Gasteiger partial charge in [0.15, 0.2) is 11.5 Å². The number of rotatable bonds is 12. The van der Waals surface area contributed by atoms with E-state index in [1.807, 2.05) is 73.7 Å². The fourth-order valence-corrected chi connectivity index (χ4v) is 4.91. The highest BCUT2D eigenvalue weighted by atomic mass is 32.1. The fourth-order valence-electron chi connectivity index (χ4n) is 4.14. The molecule has 0 saturated carbocycles. The van der Waals surface area contributed by atoms with Gasteiger partial charge in [0.05, 0.1) is 21.3 Å². The summed E-state index contributed by atoms with van der Waals surface area (Å²) < 4.78 is 15.9. The summed E-state index contributed by atoms with van der Waals surface area (Å²) in [6.07, 6.45) is 0.697. The number of hydrogen-bond donors (Lipinski definition) is 1. The van der Waals surface area contributed by atoms with Gasteiger partial charge in [0.1, 0.15) is 10.8 Å². The summed E-state index contributed by atoms with van der Waals surface area (Å²) in [5, 5.41) is 12.2. The molecule has 0 fully saturated rings. The zero-order chi connectivity index (χ0) is 28.5. The van der Waals surface area contributed by atoms with Crippen LogP contribution in [0.15, 0.2) is 66.7 Å². The molecule has 9 nitrogen and oxygen atoms in total. The number of nitrogens with one attached hydrogen (secondary N) is 1. The van der Waals surface area contributed by atoms with E-state index in [1.165, 1.54) is 11.3 Å². The van der Waals surface area contributed by atoms with Gasteiger partial charge >= 0.3 is 0 Å². The molecule has 1 aromatic heterocycles. The molecule has 1 heterocycles. The van der Waals surface area contributed by atoms with Crippen molar-refractivity contribution >= 4 is 28.3 Å². The Balaban J connectivity index is 1.42. The normalized spacial score (nSPS) is 10.6. The Kier molecular flexibility index (Phi) is 9.69. The number of anilines is 1. The highest BCUT2D eigenvalue weighted by molar-refractivity contribution is 7.18. The van der Waals surface area contributed by atoms with Crippen molar-refractivity contribution < 1.29 is 23.8 Å². The van der Waals surface area contributed by atoms with Gasteiger partial charge in [-0.1, -0.05) is 35.6 Å². The third-order valence-corrected chi connectivity index (χ3v) is 7.29. The highest BCUT2D eigenvalue weighted by Gasteiger charge is 2.19. The van der Waals surface area contributed by atoms with Crippen LogP contribution in [0, 0.1) is 6.92 Å². The Hall–Kier alpha value is -4.44. The fraction of sp³-hybridized carbons (Fsp3) is 0.267. The molecule has 0 aliphatic carbocycles. The number of carbonyl (C=O) groups is 2. The van der Waals surface area contributed by atoms with E-state index in [-0.39, 0.29) is 24.8 Å². The lowest BCUT2D eigenvalue weighted by molar-refractivity contribution is -0.116. The van der Waals surface area contributed by atoms with Crippen LogP contribution in [-0.4, -0.2) is 61.3 Å². The van der Waals surface area contributed by atoms with Gasteiger partial charge in [-0.05, 0) is 66.9 Å². The predicted molar refractivity (Wildman–Crippen MR) is 155 cm³/mol. The first kappa shape index (κ1) is 28.6. The standard InChI is InChI=1S/C30H32N4O5S/c1-20-7-5-6-8-24(20)29(36)34(17-15-21-9-14-25(38-3)26(19-21)39-4)18-16-27(35)31-30-33-32-28(40-30)22-10-12-23(37-2)13-11-22/h5-14,19H,15-18H2,1-4H3,(H,31,33,35). The molecule has 0 aliphatic rings. The second kappa shape index (κ2) is 13.6. The molecule has 208 valence electrons. The lowest BCUT2D eigenvalue weighted by Gasteiger charge is -2.23. The number of methoxy groups -OCH3 is 3. The maximum Gasteiger partial charge on any atom is 0.254 e. The van der Waals surface area contributed by atoms with E-state index >= 15 is 0 Å². The Labute approximate surface area is 237 Å². The number of carbonyl (C=O) groups excluding carboxylic acids is 2. The summed E-state index contributed by atoms with van der Waals surface area (Å²) >= 11 is 1.28. The Morgan fingerprint density at radius 3 is 2.33 bits per heavy atom. The summed E-state index contributed by atoms with van der Waals surface area (Å²) in [5.74, 6) is 1.65. The molecule has 0 atom stereocenters. The SMILES string of the molecule is COc1ccc(-c2nnc(NC(=O)CCN(CCc3ccc(OC)c(OC)c3)C(=O)c3ccccc3C)s2)cc1. The maximum absolute atomic E-state index is 13.5. The molecule has 0 bridgehead atoms. The predicted octanol–water partition coefficient (Wildman–Crippen LogP) is 5.25. The van der Waals surface area contributed by atoms with Crippen LogP contribution < -0.4 is 19.5 Å². The molecule has 0 spiro atoms. The molecular weight excluding hydrogens is 528 g/mol. The average Bonchev–Trinajstić information content (AvgIpc) is 3.45. The molecule has 0 unspecified atom stereocenters. The molecule has 0 radical (unpaired) electrons. The van der Waals surface area contributed by atoms with Crippen molar-refractivity contribution in [2.24, 2.45) is 0 Å². The monoisotopic (exact) mass is 560 g/mol. The quantitative estimate of drug-likeness (QED) is 0.252. The third kappa shape index (κ3) is 7.15. The van der Waals surface area contributed by atoms with E-state index in [0.29, 0.717) is 40.2 Å². The van der Waals surface area contributed by atoms with Crippen molar-refractivity contribution in [1.82, 2.24) is 15.1 Å². The van der Waals surface area contributed by atoms with Gasteiger partial charge in [-0.3, -0.25) is 9.59 Å². The van der Waals surface area contributed by atoms with Crippen LogP contribution in [0.5, 0.6) is 17.2 Å². The van der Waals surface area contributed by atoms with E-state index in [2.05, 4.69) is 15.5 Å². The lowest BCUT2D eigenvalue weighted by Crippen LogP contribution is -2.36. The summed E-state index contributed by atoms with van der Waals surface area (Å²) in [4.78, 5) is 28.1. The number of amides is 2. The van der Waals surface area contributed by atoms with Crippen LogP contribution in [0.1, 0.15) is 27.9 Å². The van der Waals surface area contributed by atoms with E-state index in [9.17, 15) is 9.59 Å². The molecule has 0 aliphatic heterocycles. The van der Waals surface area contributed by atoms with E-state index in [1.54, 1.807) is 26.2 Å². The Morgan fingerprint density at radius 1 is 0.875 bits per heavy atom. The largest absolute Gasteiger partial charge is 0.497 e. The van der Waals surface area contributed by atoms with Gasteiger partial charge in [0.25, 0.3) is 5.91 Å². The number of nitrogens with zero attached hydrogens (tertiary/aromatic N) is 3. The minimum atomic E-state index is -0.244. The first-order valence-corrected chi connectivity index (χ1v) is 13.6. The number of ether oxygens (including phenoxy) is 3. The minimum Gasteiger partial charge on any atom is -0.497 e. The van der Waals surface area contributed by atoms with E-state index in [0.717, 1.165) is 22.4 Å². The topological polar surface area (TPSA) is 103 Å². The van der Waals surface area contributed by atoms with Crippen LogP contribution in [0.25, 0.3) is 10.6 Å². The molecule has 1 N–H and O–H groups in total. The van der Waals surface area contributed by atoms with Crippen LogP contribution in [-0.2, 0) is 11.2 Å². The molecule has 3 aromatic carbocycles. The third-order valence-electron chi connectivity index (χ3n) is 6.40. The van der Waals surface area contributed by atoms with E-state index < -0.39 is 0 Å². The summed E-state index contributed by atoms with van der Waals surface area (Å²) in [7, 11) is 4.79. The van der Waals surface area contributed by atoms with Gasteiger partial charge in [-0.15, -0.1) is 10.2 Å². The summed E-state index contributed by atoms with van der Waals surface area (Å²) in [6.45, 7) is 2.58. The van der Waals surface area contributed by atoms with Crippen LogP contribution >= 0.6 is 11.3 Å². The zero-order valence-electron chi connectivity index (χ0n) is 23.0. The van der Waals surface area contributed by atoms with Crippen molar-refractivity contribution in [2.75, 3.05) is 39.7 Å². The second-order valence-electron chi connectivity index (χ2n) is 8.99. The zero-order valence-corrected chi connectivity index (χ0v) is 23.8. The van der Waals surface area contributed by atoms with Gasteiger partial charge in [-0.25, -0.2) is 0 Å². The first-order chi connectivity index (χ1) is 19.4. The Bertz CT molecular complexity index is 1450. The minimum absolute atomic E-state index is 0.112. The van der Waals surface area contributed by atoms with Crippen molar-refractivity contribution in [2.45, 2.75) is 19.8 Å². The van der Waals surface area contributed by atoms with Gasteiger partial charge < -0.3 is 24.4 Å². The highest BCUT2D eigenvalue weighted by Crippen LogP contribution is 2.29.